The van der Waals surface area contributed by atoms with Gasteiger partial charge in [0.15, 0.2) is 12.4 Å². The molecular formula is C16H14N2O4. The van der Waals surface area contributed by atoms with Crippen molar-refractivity contribution >= 4 is 5.97 Å². The van der Waals surface area contributed by atoms with E-state index < -0.39 is 5.97 Å². The van der Waals surface area contributed by atoms with Gasteiger partial charge >= 0.3 is 5.97 Å². The Morgan fingerprint density at radius 2 is 2.09 bits per heavy atom. The first-order valence-electron chi connectivity index (χ1n) is 6.74. The summed E-state index contributed by atoms with van der Waals surface area (Å²) in [5.41, 5.74) is 2.39. The predicted octanol–water partition coefficient (Wildman–Crippen LogP) is 3.30. The molecule has 3 aromatic rings. The molecule has 0 fully saturated rings. The summed E-state index contributed by atoms with van der Waals surface area (Å²) in [6.45, 7) is 3.70. The minimum Gasteiger partial charge on any atom is -0.459 e. The van der Waals surface area contributed by atoms with Crippen LogP contribution in [0.1, 0.15) is 27.4 Å². The summed E-state index contributed by atoms with van der Waals surface area (Å²) in [5, 5.41) is 7.66. The topological polar surface area (TPSA) is 78.4 Å². The average Bonchev–Trinajstić information content (AvgIpc) is 3.17. The Morgan fingerprint density at radius 1 is 1.23 bits per heavy atom. The number of furan rings is 1. The third-order valence-corrected chi connectivity index (χ3v) is 3.14. The van der Waals surface area contributed by atoms with Gasteiger partial charge in [0.05, 0.1) is 11.8 Å². The number of carbonyl (C=O) groups excluding carboxylic acids is 1. The fourth-order valence-electron chi connectivity index (χ4n) is 1.97. The zero-order chi connectivity index (χ0) is 15.5. The highest BCUT2D eigenvalue weighted by Gasteiger charge is 2.15. The molecule has 22 heavy (non-hydrogen) atoms. The SMILES string of the molecule is Cc1ccc(C)c(C(=O)OCc2nnc(-c3ccco3)o2)c1. The lowest BCUT2D eigenvalue weighted by Gasteiger charge is -2.06. The number of aromatic nitrogens is 2. The van der Waals surface area contributed by atoms with Crippen LogP contribution in [0.4, 0.5) is 0 Å². The molecule has 0 saturated carbocycles. The molecule has 0 amide bonds. The first kappa shape index (κ1) is 14.1. The van der Waals surface area contributed by atoms with Crippen molar-refractivity contribution in [2.24, 2.45) is 0 Å². The molecule has 1 aromatic carbocycles. The highest BCUT2D eigenvalue weighted by atomic mass is 16.5. The normalized spacial score (nSPS) is 10.6. The van der Waals surface area contributed by atoms with Gasteiger partial charge in [0.1, 0.15) is 0 Å². The summed E-state index contributed by atoms with van der Waals surface area (Å²) < 4.78 is 15.7. The van der Waals surface area contributed by atoms with Crippen molar-refractivity contribution in [3.05, 3.63) is 59.2 Å². The number of hydrogen-bond donors (Lipinski definition) is 0. The van der Waals surface area contributed by atoms with Gasteiger partial charge < -0.3 is 13.6 Å². The zero-order valence-corrected chi connectivity index (χ0v) is 12.2. The van der Waals surface area contributed by atoms with Crippen LogP contribution in [0.5, 0.6) is 0 Å². The van der Waals surface area contributed by atoms with E-state index in [0.29, 0.717) is 11.3 Å². The lowest BCUT2D eigenvalue weighted by Crippen LogP contribution is -2.07. The maximum atomic E-state index is 12.1. The van der Waals surface area contributed by atoms with Crippen molar-refractivity contribution in [2.45, 2.75) is 20.5 Å². The predicted molar refractivity (Wildman–Crippen MR) is 77.0 cm³/mol. The summed E-state index contributed by atoms with van der Waals surface area (Å²) in [5.74, 6) is 0.520. The summed E-state index contributed by atoms with van der Waals surface area (Å²) in [4.78, 5) is 12.1. The Bertz CT molecular complexity index is 790. The number of benzene rings is 1. The number of carbonyl (C=O) groups is 1. The van der Waals surface area contributed by atoms with E-state index >= 15 is 0 Å². The summed E-state index contributed by atoms with van der Waals surface area (Å²) in [6.07, 6.45) is 1.51. The van der Waals surface area contributed by atoms with Gasteiger partial charge in [-0.25, -0.2) is 4.79 Å². The fraction of sp³-hybridized carbons (Fsp3) is 0.188. The second-order valence-electron chi connectivity index (χ2n) is 4.87. The van der Waals surface area contributed by atoms with Crippen LogP contribution in [-0.4, -0.2) is 16.2 Å². The van der Waals surface area contributed by atoms with Gasteiger partial charge in [-0.2, -0.15) is 0 Å². The van der Waals surface area contributed by atoms with Gasteiger partial charge in [-0.05, 0) is 37.6 Å². The summed E-state index contributed by atoms with van der Waals surface area (Å²) in [6, 6.07) is 9.05. The average molecular weight is 298 g/mol. The van der Waals surface area contributed by atoms with E-state index in [9.17, 15) is 4.79 Å². The Kier molecular flexibility index (Phi) is 3.74. The fourth-order valence-corrected chi connectivity index (χ4v) is 1.97. The Balaban J connectivity index is 1.67. The molecule has 0 bridgehead atoms. The Hall–Kier alpha value is -2.89. The molecule has 3 rings (SSSR count). The highest BCUT2D eigenvalue weighted by Crippen LogP contribution is 2.18. The second-order valence-corrected chi connectivity index (χ2v) is 4.87. The van der Waals surface area contributed by atoms with Crippen LogP contribution in [0.2, 0.25) is 0 Å². The lowest BCUT2D eigenvalue weighted by molar-refractivity contribution is 0.0437. The van der Waals surface area contributed by atoms with Gasteiger partial charge in [0, 0.05) is 0 Å². The minimum absolute atomic E-state index is 0.0834. The standard InChI is InChI=1S/C16H14N2O4/c1-10-5-6-11(2)12(8-10)16(19)21-9-14-17-18-15(22-14)13-4-3-7-20-13/h3-8H,9H2,1-2H3. The summed E-state index contributed by atoms with van der Waals surface area (Å²) in [7, 11) is 0. The largest absolute Gasteiger partial charge is 0.459 e. The van der Waals surface area contributed by atoms with Crippen molar-refractivity contribution in [2.75, 3.05) is 0 Å². The van der Waals surface area contributed by atoms with Gasteiger partial charge in [-0.3, -0.25) is 0 Å². The number of esters is 1. The van der Waals surface area contributed by atoms with E-state index in [1.807, 2.05) is 26.0 Å². The number of ether oxygens (including phenoxy) is 1. The van der Waals surface area contributed by atoms with Gasteiger partial charge in [0.2, 0.25) is 0 Å². The number of rotatable bonds is 4. The molecule has 2 aromatic heterocycles. The molecule has 6 nitrogen and oxygen atoms in total. The minimum atomic E-state index is -0.418. The van der Waals surface area contributed by atoms with Crippen LogP contribution in [0.25, 0.3) is 11.7 Å². The van der Waals surface area contributed by atoms with Crippen LogP contribution in [0.15, 0.2) is 45.4 Å². The third kappa shape index (κ3) is 2.90. The van der Waals surface area contributed by atoms with E-state index in [1.165, 1.54) is 6.26 Å². The van der Waals surface area contributed by atoms with Crippen molar-refractivity contribution in [1.82, 2.24) is 10.2 Å². The summed E-state index contributed by atoms with van der Waals surface area (Å²) >= 11 is 0. The van der Waals surface area contributed by atoms with Gasteiger partial charge in [-0.1, -0.05) is 17.7 Å². The Labute approximate surface area is 126 Å². The molecule has 2 heterocycles. The van der Waals surface area contributed by atoms with Crippen molar-refractivity contribution in [1.29, 1.82) is 0 Å². The molecule has 6 heteroatoms. The lowest BCUT2D eigenvalue weighted by atomic mass is 10.1. The maximum Gasteiger partial charge on any atom is 0.338 e. The molecule has 0 aliphatic carbocycles. The molecule has 0 spiro atoms. The molecule has 0 aliphatic heterocycles. The van der Waals surface area contributed by atoms with Crippen molar-refractivity contribution in [3.63, 3.8) is 0 Å². The van der Waals surface area contributed by atoms with Gasteiger partial charge in [0.25, 0.3) is 11.8 Å². The third-order valence-electron chi connectivity index (χ3n) is 3.14. The molecule has 112 valence electrons. The number of hydrogen-bond acceptors (Lipinski definition) is 6. The molecular weight excluding hydrogens is 284 g/mol. The molecule has 0 unspecified atom stereocenters. The van der Waals surface area contributed by atoms with Crippen LogP contribution in [-0.2, 0) is 11.3 Å². The van der Waals surface area contributed by atoms with E-state index in [2.05, 4.69) is 10.2 Å². The van der Waals surface area contributed by atoms with Crippen LogP contribution < -0.4 is 0 Å². The van der Waals surface area contributed by atoms with Crippen LogP contribution in [0, 0.1) is 13.8 Å². The number of nitrogens with zero attached hydrogens (tertiary/aromatic N) is 2. The molecule has 0 saturated heterocycles. The first-order valence-corrected chi connectivity index (χ1v) is 6.74. The quantitative estimate of drug-likeness (QED) is 0.688. The first-order chi connectivity index (χ1) is 10.6. The van der Waals surface area contributed by atoms with E-state index in [-0.39, 0.29) is 18.4 Å². The highest BCUT2D eigenvalue weighted by molar-refractivity contribution is 5.91. The second kappa shape index (κ2) is 5.85. The smallest absolute Gasteiger partial charge is 0.338 e. The maximum absolute atomic E-state index is 12.1. The van der Waals surface area contributed by atoms with E-state index in [4.69, 9.17) is 13.6 Å². The number of aryl methyl sites for hydroxylation is 2. The van der Waals surface area contributed by atoms with Gasteiger partial charge in [-0.15, -0.1) is 10.2 Å². The Morgan fingerprint density at radius 3 is 2.86 bits per heavy atom. The molecule has 0 N–H and O–H groups in total. The zero-order valence-electron chi connectivity index (χ0n) is 12.2. The monoisotopic (exact) mass is 298 g/mol. The van der Waals surface area contributed by atoms with E-state index in [0.717, 1.165) is 11.1 Å². The molecule has 0 atom stereocenters. The van der Waals surface area contributed by atoms with Crippen molar-refractivity contribution < 1.29 is 18.4 Å². The van der Waals surface area contributed by atoms with E-state index in [1.54, 1.807) is 18.2 Å². The molecule has 0 aliphatic rings. The van der Waals surface area contributed by atoms with Crippen LogP contribution in [0.3, 0.4) is 0 Å². The van der Waals surface area contributed by atoms with Crippen LogP contribution >= 0.6 is 0 Å². The molecule has 0 radical (unpaired) electrons. The van der Waals surface area contributed by atoms with Crippen molar-refractivity contribution in [3.8, 4) is 11.7 Å².